The molecule has 13 heavy (non-hydrogen) atoms. The Hall–Kier alpha value is -0.610. The van der Waals surface area contributed by atoms with Crippen LogP contribution >= 0.6 is 0 Å². The maximum Gasteiger partial charge on any atom is 0.207 e. The second-order valence-electron chi connectivity index (χ2n) is 3.27. The third-order valence-electron chi connectivity index (χ3n) is 2.19. The molecule has 0 aliphatic carbocycles. The first-order valence-corrected chi connectivity index (χ1v) is 4.64. The second-order valence-corrected chi connectivity index (χ2v) is 3.27. The average Bonchev–Trinajstić information content (AvgIpc) is 2.15. The summed E-state index contributed by atoms with van der Waals surface area (Å²) in [5.74, 6) is 0. The molecule has 1 unspecified atom stereocenters. The van der Waals surface area contributed by atoms with E-state index in [0.717, 1.165) is 12.8 Å². The minimum absolute atomic E-state index is 0.140. The van der Waals surface area contributed by atoms with Gasteiger partial charge in [0, 0.05) is 6.54 Å². The van der Waals surface area contributed by atoms with Gasteiger partial charge in [0.05, 0.1) is 12.3 Å². The van der Waals surface area contributed by atoms with Crippen molar-refractivity contribution in [2.45, 2.75) is 32.3 Å². The number of hydrogen-bond donors (Lipinski definition) is 2. The van der Waals surface area contributed by atoms with Crippen LogP contribution in [0.1, 0.15) is 26.7 Å². The third kappa shape index (κ3) is 5.60. The van der Waals surface area contributed by atoms with Crippen molar-refractivity contribution in [2.24, 2.45) is 0 Å². The largest absolute Gasteiger partial charge is 0.360 e. The van der Waals surface area contributed by atoms with Crippen molar-refractivity contribution in [3.8, 4) is 0 Å². The van der Waals surface area contributed by atoms with Crippen molar-refractivity contribution < 1.29 is 9.53 Å². The van der Waals surface area contributed by atoms with Gasteiger partial charge in [-0.1, -0.05) is 6.92 Å². The Morgan fingerprint density at radius 3 is 2.69 bits per heavy atom. The highest BCUT2D eigenvalue weighted by Crippen LogP contribution is 2.18. The molecule has 0 aliphatic rings. The predicted molar refractivity (Wildman–Crippen MR) is 52.4 cm³/mol. The van der Waals surface area contributed by atoms with Gasteiger partial charge in [0.1, 0.15) is 0 Å². The first kappa shape index (κ1) is 12.4. The molecule has 0 aromatic rings. The lowest BCUT2D eigenvalue weighted by Gasteiger charge is -2.28. The molecular formula is C9H20N2O2. The number of rotatable bonds is 8. The molecule has 0 aromatic carbocycles. The Balaban J connectivity index is 3.73. The molecule has 0 aromatic heterocycles. The summed E-state index contributed by atoms with van der Waals surface area (Å²) < 4.78 is 5.61. The fourth-order valence-electron chi connectivity index (χ4n) is 0.993. The smallest absolute Gasteiger partial charge is 0.207 e. The van der Waals surface area contributed by atoms with Crippen LogP contribution in [0.15, 0.2) is 0 Å². The van der Waals surface area contributed by atoms with E-state index >= 15 is 0 Å². The lowest BCUT2D eigenvalue weighted by Crippen LogP contribution is -2.35. The Kier molecular flexibility index (Phi) is 6.54. The van der Waals surface area contributed by atoms with Gasteiger partial charge in [0.2, 0.25) is 6.41 Å². The molecule has 0 heterocycles. The number of carbonyl (C=O) groups excluding carboxylic acids is 1. The van der Waals surface area contributed by atoms with Crippen LogP contribution in [0.2, 0.25) is 0 Å². The molecule has 4 heteroatoms. The van der Waals surface area contributed by atoms with Crippen molar-refractivity contribution in [3.63, 3.8) is 0 Å². The molecule has 0 rings (SSSR count). The van der Waals surface area contributed by atoms with E-state index in [9.17, 15) is 4.79 Å². The van der Waals surface area contributed by atoms with Crippen LogP contribution < -0.4 is 10.6 Å². The summed E-state index contributed by atoms with van der Waals surface area (Å²) in [6.45, 7) is 5.34. The third-order valence-corrected chi connectivity index (χ3v) is 2.19. The fourth-order valence-corrected chi connectivity index (χ4v) is 0.993. The van der Waals surface area contributed by atoms with E-state index in [1.54, 1.807) is 0 Å². The van der Waals surface area contributed by atoms with Gasteiger partial charge in [-0.2, -0.15) is 0 Å². The van der Waals surface area contributed by atoms with Gasteiger partial charge in [-0.15, -0.1) is 0 Å². The van der Waals surface area contributed by atoms with Crippen LogP contribution in [-0.2, 0) is 9.53 Å². The summed E-state index contributed by atoms with van der Waals surface area (Å²) in [5.41, 5.74) is -0.140. The topological polar surface area (TPSA) is 50.4 Å². The Morgan fingerprint density at radius 2 is 2.23 bits per heavy atom. The molecule has 0 fully saturated rings. The molecule has 2 N–H and O–H groups in total. The molecule has 4 nitrogen and oxygen atoms in total. The Morgan fingerprint density at radius 1 is 1.54 bits per heavy atom. The number of carbonyl (C=O) groups is 1. The highest BCUT2D eigenvalue weighted by molar-refractivity contribution is 5.45. The maximum atomic E-state index is 10.0. The number of hydrogen-bond acceptors (Lipinski definition) is 3. The van der Waals surface area contributed by atoms with E-state index in [4.69, 9.17) is 4.74 Å². The summed E-state index contributed by atoms with van der Waals surface area (Å²) in [5, 5.41) is 5.57. The number of amides is 1. The van der Waals surface area contributed by atoms with Gasteiger partial charge in [0.15, 0.2) is 0 Å². The van der Waals surface area contributed by atoms with E-state index in [0.29, 0.717) is 19.7 Å². The zero-order valence-corrected chi connectivity index (χ0v) is 8.72. The van der Waals surface area contributed by atoms with E-state index in [-0.39, 0.29) is 5.60 Å². The minimum Gasteiger partial charge on any atom is -0.360 e. The number of nitrogens with one attached hydrogen (secondary N) is 2. The van der Waals surface area contributed by atoms with Crippen LogP contribution in [0, 0.1) is 0 Å². The van der Waals surface area contributed by atoms with Crippen molar-refractivity contribution in [1.29, 1.82) is 0 Å². The van der Waals surface area contributed by atoms with Crippen molar-refractivity contribution in [3.05, 3.63) is 0 Å². The Labute approximate surface area is 80.0 Å². The minimum atomic E-state index is -0.140. The second kappa shape index (κ2) is 6.86. The van der Waals surface area contributed by atoms with Crippen LogP contribution in [-0.4, -0.2) is 32.3 Å². The Bertz CT molecular complexity index is 142. The highest BCUT2D eigenvalue weighted by Gasteiger charge is 2.21. The summed E-state index contributed by atoms with van der Waals surface area (Å²) in [6.07, 6.45) is 2.49. The molecule has 0 saturated heterocycles. The molecule has 78 valence electrons. The SMILES string of the molecule is CCC(C)(CCNC=O)OCNC. The molecule has 1 atom stereocenters. The monoisotopic (exact) mass is 188 g/mol. The van der Waals surface area contributed by atoms with E-state index in [1.165, 1.54) is 0 Å². The summed E-state index contributed by atoms with van der Waals surface area (Å²) in [6, 6.07) is 0. The van der Waals surface area contributed by atoms with Gasteiger partial charge in [-0.3, -0.25) is 10.1 Å². The molecule has 0 saturated carbocycles. The van der Waals surface area contributed by atoms with Gasteiger partial charge in [-0.25, -0.2) is 0 Å². The van der Waals surface area contributed by atoms with Crippen LogP contribution in [0.3, 0.4) is 0 Å². The van der Waals surface area contributed by atoms with Crippen molar-refractivity contribution >= 4 is 6.41 Å². The normalized spacial score (nSPS) is 15.0. The first-order valence-electron chi connectivity index (χ1n) is 4.64. The van der Waals surface area contributed by atoms with Crippen molar-refractivity contribution in [2.75, 3.05) is 20.3 Å². The molecular weight excluding hydrogens is 168 g/mol. The summed E-state index contributed by atoms with van der Waals surface area (Å²) in [4.78, 5) is 10.0. The standard InChI is InChI=1S/C9H20N2O2/c1-4-9(2,13-8-10-3)5-6-11-7-12/h7,10H,4-6,8H2,1-3H3,(H,11,12). The lowest BCUT2D eigenvalue weighted by molar-refractivity contribution is -0.109. The van der Waals surface area contributed by atoms with E-state index in [1.807, 2.05) is 7.05 Å². The van der Waals surface area contributed by atoms with Gasteiger partial charge >= 0.3 is 0 Å². The van der Waals surface area contributed by atoms with Crippen LogP contribution in [0.5, 0.6) is 0 Å². The van der Waals surface area contributed by atoms with Crippen LogP contribution in [0.25, 0.3) is 0 Å². The van der Waals surface area contributed by atoms with Crippen molar-refractivity contribution in [1.82, 2.24) is 10.6 Å². The van der Waals surface area contributed by atoms with Gasteiger partial charge < -0.3 is 10.1 Å². The highest BCUT2D eigenvalue weighted by atomic mass is 16.5. The molecule has 0 spiro atoms. The maximum absolute atomic E-state index is 10.0. The molecule has 0 bridgehead atoms. The van der Waals surface area contributed by atoms with Gasteiger partial charge in [-0.05, 0) is 26.8 Å². The zero-order chi connectivity index (χ0) is 10.2. The first-order chi connectivity index (χ1) is 6.18. The summed E-state index contributed by atoms with van der Waals surface area (Å²) in [7, 11) is 1.85. The van der Waals surface area contributed by atoms with E-state index < -0.39 is 0 Å². The lowest BCUT2D eigenvalue weighted by atomic mass is 9.99. The number of ether oxygens (including phenoxy) is 1. The van der Waals surface area contributed by atoms with E-state index in [2.05, 4.69) is 24.5 Å². The average molecular weight is 188 g/mol. The predicted octanol–water partition coefficient (Wildman–Crippen LogP) is 0.485. The molecule has 0 aliphatic heterocycles. The quantitative estimate of drug-likeness (QED) is 0.331. The molecule has 0 radical (unpaired) electrons. The van der Waals surface area contributed by atoms with Gasteiger partial charge in [0.25, 0.3) is 0 Å². The fraction of sp³-hybridized carbons (Fsp3) is 0.889. The zero-order valence-electron chi connectivity index (χ0n) is 8.72. The van der Waals surface area contributed by atoms with Crippen LogP contribution in [0.4, 0.5) is 0 Å². The summed E-state index contributed by atoms with van der Waals surface area (Å²) >= 11 is 0. The molecule has 1 amide bonds.